The number of morpholine rings is 1. The molecule has 4 rings (SSSR count). The molecule has 0 aliphatic carbocycles. The second-order valence-electron chi connectivity index (χ2n) is 8.92. The van der Waals surface area contributed by atoms with Crippen LogP contribution in [0.4, 0.5) is 5.69 Å². The number of ether oxygens (including phenoxy) is 1. The highest BCUT2D eigenvalue weighted by Crippen LogP contribution is 2.35. The number of amides is 1. The number of para-hydroxylation sites is 1. The number of rotatable bonds is 6. The van der Waals surface area contributed by atoms with Crippen LogP contribution in [0.2, 0.25) is 0 Å². The molecule has 2 N–H and O–H groups in total. The Morgan fingerprint density at radius 1 is 1.06 bits per heavy atom. The second-order valence-corrected chi connectivity index (χ2v) is 10.5. The predicted octanol–water partition coefficient (Wildman–Crippen LogP) is 2.30. The largest absolute Gasteiger partial charge is 0.360 e. The minimum absolute atomic E-state index is 0.0172. The molecule has 2 aliphatic rings. The van der Waals surface area contributed by atoms with E-state index in [1.165, 1.54) is 0 Å². The number of primary sulfonamides is 1. The average molecular weight is 458 g/mol. The van der Waals surface area contributed by atoms with Gasteiger partial charge in [0.15, 0.2) is 0 Å². The molecule has 0 saturated carbocycles. The Balaban J connectivity index is 1.35. The number of hydrogen-bond acceptors (Lipinski definition) is 5. The summed E-state index contributed by atoms with van der Waals surface area (Å²) in [5.74, 6) is -0.122. The minimum Gasteiger partial charge on any atom is -0.360 e. The van der Waals surface area contributed by atoms with E-state index in [2.05, 4.69) is 4.90 Å². The molecule has 0 radical (unpaired) electrons. The molecule has 0 bridgehead atoms. The summed E-state index contributed by atoms with van der Waals surface area (Å²) in [6, 6.07) is 17.4. The monoisotopic (exact) mass is 457 g/mol. The lowest BCUT2D eigenvalue weighted by Gasteiger charge is -2.49. The van der Waals surface area contributed by atoms with Crippen molar-refractivity contribution in [3.05, 3.63) is 65.7 Å². The Kier molecular flexibility index (Phi) is 6.67. The van der Waals surface area contributed by atoms with Gasteiger partial charge in [-0.1, -0.05) is 42.5 Å². The summed E-state index contributed by atoms with van der Waals surface area (Å²) >= 11 is 0. The summed E-state index contributed by atoms with van der Waals surface area (Å²) in [6.45, 7) is 5.14. The number of sulfonamides is 1. The number of likely N-dealkylation sites (tertiary alicyclic amines) is 1. The standard InChI is InChI=1S/C24H31N3O4S/c1-19-23(28)27(22-8-3-2-4-9-22)18-24(31-19)11-14-26(15-12-24)13-10-20-6-5-7-21(16-20)17-32(25,29)30/h2-9,16,19H,10-15,17-18H2,1H3,(H2,25,29,30). The van der Waals surface area contributed by atoms with Crippen molar-refractivity contribution in [1.82, 2.24) is 4.90 Å². The van der Waals surface area contributed by atoms with Crippen molar-refractivity contribution in [1.29, 1.82) is 0 Å². The van der Waals surface area contributed by atoms with Crippen LogP contribution in [0.15, 0.2) is 54.6 Å². The molecule has 8 heteroatoms. The number of piperidine rings is 1. The lowest BCUT2D eigenvalue weighted by molar-refractivity contribution is -0.161. The zero-order valence-electron chi connectivity index (χ0n) is 18.4. The molecule has 2 aromatic carbocycles. The Labute approximate surface area is 190 Å². The van der Waals surface area contributed by atoms with Crippen LogP contribution in [0.3, 0.4) is 0 Å². The van der Waals surface area contributed by atoms with E-state index in [9.17, 15) is 13.2 Å². The molecule has 1 spiro atoms. The number of hydrogen-bond donors (Lipinski definition) is 1. The summed E-state index contributed by atoms with van der Waals surface area (Å²) in [5, 5.41) is 5.17. The van der Waals surface area contributed by atoms with E-state index in [1.807, 2.05) is 60.4 Å². The normalized spacial score (nSPS) is 21.8. The summed E-state index contributed by atoms with van der Waals surface area (Å²) in [6.07, 6.45) is 2.15. The molecule has 1 atom stereocenters. The van der Waals surface area contributed by atoms with E-state index in [-0.39, 0.29) is 17.3 Å². The van der Waals surface area contributed by atoms with Crippen LogP contribution in [0.1, 0.15) is 30.9 Å². The molecule has 1 amide bonds. The number of carbonyl (C=O) groups excluding carboxylic acids is 1. The van der Waals surface area contributed by atoms with Gasteiger partial charge >= 0.3 is 0 Å². The number of nitrogens with two attached hydrogens (primary N) is 1. The molecular formula is C24H31N3O4S. The fourth-order valence-electron chi connectivity index (χ4n) is 4.73. The first-order valence-electron chi connectivity index (χ1n) is 11.1. The fraction of sp³-hybridized carbons (Fsp3) is 0.458. The smallest absolute Gasteiger partial charge is 0.255 e. The SMILES string of the molecule is CC1OC2(CCN(CCc3cccc(CS(N)(=O)=O)c3)CC2)CN(c2ccccc2)C1=O. The first kappa shape index (κ1) is 22.9. The third-order valence-electron chi connectivity index (χ3n) is 6.40. The van der Waals surface area contributed by atoms with Crippen molar-refractivity contribution < 1.29 is 17.9 Å². The van der Waals surface area contributed by atoms with Gasteiger partial charge in [-0.2, -0.15) is 0 Å². The third-order valence-corrected chi connectivity index (χ3v) is 7.13. The Hall–Kier alpha value is -2.26. The number of anilines is 1. The van der Waals surface area contributed by atoms with Gasteiger partial charge in [0.25, 0.3) is 5.91 Å². The molecule has 2 heterocycles. The van der Waals surface area contributed by atoms with E-state index >= 15 is 0 Å². The highest BCUT2D eigenvalue weighted by atomic mass is 32.2. The van der Waals surface area contributed by atoms with Gasteiger partial charge in [0.1, 0.15) is 6.10 Å². The van der Waals surface area contributed by atoms with Crippen molar-refractivity contribution in [3.8, 4) is 0 Å². The van der Waals surface area contributed by atoms with Crippen molar-refractivity contribution >= 4 is 21.6 Å². The average Bonchev–Trinajstić information content (AvgIpc) is 2.76. The van der Waals surface area contributed by atoms with Crippen LogP contribution < -0.4 is 10.0 Å². The number of nitrogens with zero attached hydrogens (tertiary/aromatic N) is 2. The van der Waals surface area contributed by atoms with Gasteiger partial charge in [0, 0.05) is 25.3 Å². The maximum absolute atomic E-state index is 12.7. The first-order valence-corrected chi connectivity index (χ1v) is 12.8. The third kappa shape index (κ3) is 5.56. The molecule has 7 nitrogen and oxygen atoms in total. The molecule has 2 fully saturated rings. The summed E-state index contributed by atoms with van der Waals surface area (Å²) in [4.78, 5) is 17.0. The molecule has 32 heavy (non-hydrogen) atoms. The van der Waals surface area contributed by atoms with Crippen molar-refractivity contribution in [2.75, 3.05) is 31.1 Å². The summed E-state index contributed by atoms with van der Waals surface area (Å²) in [5.41, 5.74) is 2.44. The van der Waals surface area contributed by atoms with E-state index < -0.39 is 16.1 Å². The molecule has 2 aliphatic heterocycles. The van der Waals surface area contributed by atoms with Crippen LogP contribution in [0.25, 0.3) is 0 Å². The van der Waals surface area contributed by atoms with Gasteiger partial charge in [0.05, 0.1) is 17.9 Å². The van der Waals surface area contributed by atoms with E-state index in [0.717, 1.165) is 55.7 Å². The highest BCUT2D eigenvalue weighted by Gasteiger charge is 2.45. The molecule has 2 saturated heterocycles. The van der Waals surface area contributed by atoms with Gasteiger partial charge in [0.2, 0.25) is 10.0 Å². The zero-order valence-corrected chi connectivity index (χ0v) is 19.3. The van der Waals surface area contributed by atoms with Crippen molar-refractivity contribution in [3.63, 3.8) is 0 Å². The van der Waals surface area contributed by atoms with Gasteiger partial charge in [-0.15, -0.1) is 0 Å². The van der Waals surface area contributed by atoms with E-state index in [1.54, 1.807) is 6.07 Å². The zero-order chi connectivity index (χ0) is 22.8. The molecular weight excluding hydrogens is 426 g/mol. The van der Waals surface area contributed by atoms with Crippen molar-refractivity contribution in [2.45, 2.75) is 43.6 Å². The van der Waals surface area contributed by atoms with Crippen LogP contribution >= 0.6 is 0 Å². The van der Waals surface area contributed by atoms with Crippen LogP contribution in [0, 0.1) is 0 Å². The van der Waals surface area contributed by atoms with Gasteiger partial charge in [-0.3, -0.25) is 4.79 Å². The maximum atomic E-state index is 12.7. The number of carbonyl (C=O) groups is 1. The van der Waals surface area contributed by atoms with E-state index in [0.29, 0.717) is 6.54 Å². The molecule has 0 aromatic heterocycles. The van der Waals surface area contributed by atoms with Crippen LogP contribution in [-0.2, 0) is 31.7 Å². The lowest BCUT2D eigenvalue weighted by Crippen LogP contribution is -2.61. The van der Waals surface area contributed by atoms with Crippen LogP contribution in [-0.4, -0.2) is 57.1 Å². The Morgan fingerprint density at radius 3 is 2.44 bits per heavy atom. The second kappa shape index (κ2) is 9.31. The number of benzene rings is 2. The van der Waals surface area contributed by atoms with Crippen molar-refractivity contribution in [2.24, 2.45) is 5.14 Å². The minimum atomic E-state index is -3.53. The predicted molar refractivity (Wildman–Crippen MR) is 125 cm³/mol. The Bertz CT molecular complexity index is 1050. The lowest BCUT2D eigenvalue weighted by atomic mass is 9.88. The fourth-order valence-corrected chi connectivity index (χ4v) is 5.37. The maximum Gasteiger partial charge on any atom is 0.255 e. The first-order chi connectivity index (χ1) is 15.2. The topological polar surface area (TPSA) is 92.9 Å². The van der Waals surface area contributed by atoms with E-state index in [4.69, 9.17) is 9.88 Å². The van der Waals surface area contributed by atoms with Gasteiger partial charge in [-0.25, -0.2) is 13.6 Å². The summed E-state index contributed by atoms with van der Waals surface area (Å²) in [7, 11) is -3.53. The quantitative estimate of drug-likeness (QED) is 0.719. The molecule has 172 valence electrons. The Morgan fingerprint density at radius 2 is 1.75 bits per heavy atom. The molecule has 1 unspecified atom stereocenters. The van der Waals surface area contributed by atoms with Gasteiger partial charge in [-0.05, 0) is 49.4 Å². The van der Waals surface area contributed by atoms with Crippen LogP contribution in [0.5, 0.6) is 0 Å². The molecule has 2 aromatic rings. The summed E-state index contributed by atoms with van der Waals surface area (Å²) < 4.78 is 29.0. The highest BCUT2D eigenvalue weighted by molar-refractivity contribution is 7.88. The van der Waals surface area contributed by atoms with Gasteiger partial charge < -0.3 is 14.5 Å².